The molecule has 47 heavy (non-hydrogen) atoms. The van der Waals surface area contributed by atoms with Crippen LogP contribution in [-0.2, 0) is 0 Å². The van der Waals surface area contributed by atoms with E-state index in [9.17, 15) is 0 Å². The maximum Gasteiger partial charge on any atom is 0.127 e. The second-order valence-corrected chi connectivity index (χ2v) is 17.0. The molecule has 0 aliphatic carbocycles. The average molecular weight is 622 g/mol. The summed E-state index contributed by atoms with van der Waals surface area (Å²) in [7, 11) is -1.90. The fraction of sp³-hybridized carbons (Fsp3) is 0.0455. The zero-order chi connectivity index (χ0) is 31.8. The molecule has 0 spiro atoms. The van der Waals surface area contributed by atoms with Crippen molar-refractivity contribution >= 4 is 35.5 Å². The van der Waals surface area contributed by atoms with E-state index < -0.39 is 8.07 Å². The molecule has 3 heteroatoms. The smallest absolute Gasteiger partial charge is 0.127 e. The zero-order valence-corrected chi connectivity index (χ0v) is 27.6. The number of ether oxygens (including phenoxy) is 1. The van der Waals surface area contributed by atoms with E-state index in [0.717, 1.165) is 28.6 Å². The van der Waals surface area contributed by atoms with Crippen molar-refractivity contribution in [2.75, 3.05) is 4.90 Å². The topological polar surface area (TPSA) is 12.5 Å². The minimum Gasteiger partial charge on any atom is -0.458 e. The third-order valence-corrected chi connectivity index (χ3v) is 12.9. The van der Waals surface area contributed by atoms with Gasteiger partial charge < -0.3 is 9.64 Å². The Bertz CT molecular complexity index is 2070. The van der Waals surface area contributed by atoms with Crippen LogP contribution in [0.4, 0.5) is 17.1 Å². The van der Waals surface area contributed by atoms with Crippen molar-refractivity contribution in [3.8, 4) is 44.9 Å². The number of nitrogens with zero attached hydrogens (tertiary/aromatic N) is 1. The highest BCUT2D eigenvalue weighted by Gasteiger charge is 2.36. The van der Waals surface area contributed by atoms with Crippen LogP contribution in [0.1, 0.15) is 0 Å². The summed E-state index contributed by atoms with van der Waals surface area (Å²) in [5.41, 5.74) is 10.6. The summed E-state index contributed by atoms with van der Waals surface area (Å²) < 4.78 is 6.35. The predicted octanol–water partition coefficient (Wildman–Crippen LogP) is 11.1. The van der Waals surface area contributed by atoms with Gasteiger partial charge in [-0.15, -0.1) is 0 Å². The molecule has 1 heterocycles. The number of hydrogen-bond acceptors (Lipinski definition) is 2. The molecule has 0 aromatic heterocycles. The lowest BCUT2D eigenvalue weighted by Gasteiger charge is -2.33. The van der Waals surface area contributed by atoms with Crippen LogP contribution in [0.2, 0.25) is 13.1 Å². The van der Waals surface area contributed by atoms with E-state index in [2.05, 4.69) is 194 Å². The molecule has 0 atom stereocenters. The van der Waals surface area contributed by atoms with E-state index in [0.29, 0.717) is 0 Å². The van der Waals surface area contributed by atoms with Gasteiger partial charge in [0.15, 0.2) is 0 Å². The molecule has 2 nitrogen and oxygen atoms in total. The van der Waals surface area contributed by atoms with E-state index in [1.807, 2.05) is 0 Å². The molecular formula is C44H35NOSi. The Kier molecular flexibility index (Phi) is 7.32. The molecule has 7 aromatic rings. The van der Waals surface area contributed by atoms with Crippen LogP contribution < -0.4 is 20.0 Å². The Balaban J connectivity index is 1.15. The Morgan fingerprint density at radius 2 is 0.745 bits per heavy atom. The van der Waals surface area contributed by atoms with E-state index >= 15 is 0 Å². The third kappa shape index (κ3) is 5.45. The molecule has 0 amide bonds. The van der Waals surface area contributed by atoms with Crippen LogP contribution >= 0.6 is 0 Å². The van der Waals surface area contributed by atoms with Crippen molar-refractivity contribution in [1.82, 2.24) is 0 Å². The molecule has 0 saturated heterocycles. The second-order valence-electron chi connectivity index (χ2n) is 12.6. The van der Waals surface area contributed by atoms with Gasteiger partial charge >= 0.3 is 0 Å². The van der Waals surface area contributed by atoms with E-state index in [4.69, 9.17) is 4.74 Å². The van der Waals surface area contributed by atoms with Crippen LogP contribution in [0.15, 0.2) is 176 Å². The number of para-hydroxylation sites is 1. The van der Waals surface area contributed by atoms with Crippen molar-refractivity contribution in [2.45, 2.75) is 13.1 Å². The highest BCUT2D eigenvalue weighted by atomic mass is 28.3. The van der Waals surface area contributed by atoms with Gasteiger partial charge in [-0.1, -0.05) is 140 Å². The van der Waals surface area contributed by atoms with Crippen molar-refractivity contribution in [1.29, 1.82) is 0 Å². The number of anilines is 3. The SMILES string of the molecule is C[Si]1(C)c2ccccc2Oc2ccc(-c3ccc(N(c4ccc(-c5ccccc5)cc4)c4ccc(-c5ccccc5)cc4)cc3)cc21. The summed E-state index contributed by atoms with van der Waals surface area (Å²) in [4.78, 5) is 2.33. The van der Waals surface area contributed by atoms with Crippen LogP contribution in [0.3, 0.4) is 0 Å². The number of benzene rings is 7. The molecule has 0 fully saturated rings. The quantitative estimate of drug-likeness (QED) is 0.171. The number of rotatable bonds is 6. The van der Waals surface area contributed by atoms with Gasteiger partial charge in [-0.25, -0.2) is 0 Å². The minimum absolute atomic E-state index is 0.991. The summed E-state index contributed by atoms with van der Waals surface area (Å²) in [6, 6.07) is 63.0. The maximum absolute atomic E-state index is 6.35. The normalized spacial score (nSPS) is 12.8. The largest absolute Gasteiger partial charge is 0.458 e. The van der Waals surface area contributed by atoms with Crippen molar-refractivity contribution in [3.63, 3.8) is 0 Å². The Morgan fingerprint density at radius 3 is 1.26 bits per heavy atom. The summed E-state index contributed by atoms with van der Waals surface area (Å²) in [5, 5.41) is 2.70. The summed E-state index contributed by atoms with van der Waals surface area (Å²) >= 11 is 0. The van der Waals surface area contributed by atoms with E-state index in [-0.39, 0.29) is 0 Å². The molecular weight excluding hydrogens is 587 g/mol. The van der Waals surface area contributed by atoms with Gasteiger partial charge in [0.25, 0.3) is 0 Å². The van der Waals surface area contributed by atoms with Gasteiger partial charge in [-0.2, -0.15) is 0 Å². The van der Waals surface area contributed by atoms with Crippen molar-refractivity contribution in [3.05, 3.63) is 176 Å². The lowest BCUT2D eigenvalue weighted by Crippen LogP contribution is -2.55. The minimum atomic E-state index is -1.90. The van der Waals surface area contributed by atoms with Crippen LogP contribution in [0, 0.1) is 0 Å². The fourth-order valence-electron chi connectivity index (χ4n) is 6.74. The molecule has 1 aliphatic rings. The van der Waals surface area contributed by atoms with Crippen LogP contribution in [-0.4, -0.2) is 8.07 Å². The molecule has 7 aromatic carbocycles. The fourth-order valence-corrected chi connectivity index (χ4v) is 9.56. The first-order chi connectivity index (χ1) is 23.0. The van der Waals surface area contributed by atoms with E-state index in [1.165, 1.54) is 43.8 Å². The molecule has 8 rings (SSSR count). The highest BCUT2D eigenvalue weighted by molar-refractivity contribution is 7.01. The summed E-state index contributed by atoms with van der Waals surface area (Å²) in [6.45, 7) is 4.84. The van der Waals surface area contributed by atoms with Crippen molar-refractivity contribution in [2.24, 2.45) is 0 Å². The van der Waals surface area contributed by atoms with Crippen LogP contribution in [0.5, 0.6) is 11.5 Å². The molecule has 0 saturated carbocycles. The zero-order valence-electron chi connectivity index (χ0n) is 26.6. The van der Waals surface area contributed by atoms with Crippen molar-refractivity contribution < 1.29 is 4.74 Å². The molecule has 0 N–H and O–H groups in total. The Morgan fingerprint density at radius 1 is 0.362 bits per heavy atom. The molecule has 0 radical (unpaired) electrons. The Hall–Kier alpha value is -5.64. The molecule has 0 unspecified atom stereocenters. The van der Waals surface area contributed by atoms with Gasteiger partial charge in [0.1, 0.15) is 19.6 Å². The van der Waals surface area contributed by atoms with Gasteiger partial charge in [-0.05, 0) is 92.3 Å². The lowest BCUT2D eigenvalue weighted by atomic mass is 10.0. The first-order valence-corrected chi connectivity index (χ1v) is 19.2. The monoisotopic (exact) mass is 621 g/mol. The second kappa shape index (κ2) is 11.9. The first-order valence-electron chi connectivity index (χ1n) is 16.2. The Labute approximate surface area is 278 Å². The predicted molar refractivity (Wildman–Crippen MR) is 201 cm³/mol. The van der Waals surface area contributed by atoms with Crippen LogP contribution in [0.25, 0.3) is 33.4 Å². The first kappa shape index (κ1) is 28.8. The van der Waals surface area contributed by atoms with Gasteiger partial charge in [-0.3, -0.25) is 0 Å². The maximum atomic E-state index is 6.35. The molecule has 0 bridgehead atoms. The lowest BCUT2D eigenvalue weighted by molar-refractivity contribution is 0.487. The molecule has 1 aliphatic heterocycles. The van der Waals surface area contributed by atoms with Gasteiger partial charge in [0.2, 0.25) is 0 Å². The highest BCUT2D eigenvalue weighted by Crippen LogP contribution is 2.38. The molecule has 226 valence electrons. The average Bonchev–Trinajstić information content (AvgIpc) is 3.13. The number of hydrogen-bond donors (Lipinski definition) is 0. The summed E-state index contributed by atoms with van der Waals surface area (Å²) in [5.74, 6) is 1.99. The third-order valence-electron chi connectivity index (χ3n) is 9.36. The standard InChI is InChI=1S/C44H35NOSi/c1-47(2)43-16-10-9-15-41(43)46-42-30-23-37(31-44(42)47)36-21-28-40(29-22-36)45(38-24-17-34(18-25-38)32-11-5-3-6-12-32)39-26-19-35(20-27-39)33-13-7-4-8-14-33/h3-31H,1-2H3. The van der Waals surface area contributed by atoms with E-state index in [1.54, 1.807) is 0 Å². The number of fused-ring (bicyclic) bond motifs is 2. The summed E-state index contributed by atoms with van der Waals surface area (Å²) in [6.07, 6.45) is 0. The van der Waals surface area contributed by atoms with Gasteiger partial charge in [0, 0.05) is 17.1 Å². The van der Waals surface area contributed by atoms with Gasteiger partial charge in [0.05, 0.1) is 0 Å².